The number of carbonyl (C=O) groups excluding carboxylic acids is 1. The van der Waals surface area contributed by atoms with Crippen molar-refractivity contribution in [2.45, 2.75) is 58.7 Å². The Kier molecular flexibility index (Phi) is 5.23. The van der Waals surface area contributed by atoms with Gasteiger partial charge >= 0.3 is 0 Å². The second-order valence-electron chi connectivity index (χ2n) is 5.98. The number of carbonyl (C=O) groups is 1. The zero-order valence-electron chi connectivity index (χ0n) is 13.4. The van der Waals surface area contributed by atoms with Crippen LogP contribution in [0.4, 0.5) is 0 Å². The third kappa shape index (κ3) is 3.97. The lowest BCUT2D eigenvalue weighted by Gasteiger charge is -2.23. The number of hydrogen-bond donors (Lipinski definition) is 2. The van der Waals surface area contributed by atoms with E-state index in [2.05, 4.69) is 29.7 Å². The van der Waals surface area contributed by atoms with Crippen molar-refractivity contribution in [1.82, 2.24) is 10.6 Å². The van der Waals surface area contributed by atoms with E-state index in [0.29, 0.717) is 0 Å². The molecule has 116 valence electrons. The molecule has 1 aromatic carbocycles. The third-order valence-electron chi connectivity index (χ3n) is 3.80. The maximum Gasteiger partial charge on any atom is 0.237 e. The molecule has 0 fully saturated rings. The highest BCUT2D eigenvalue weighted by Crippen LogP contribution is 2.29. The lowest BCUT2D eigenvalue weighted by Crippen LogP contribution is -2.45. The Labute approximate surface area is 127 Å². The van der Waals surface area contributed by atoms with E-state index >= 15 is 0 Å². The van der Waals surface area contributed by atoms with Crippen LogP contribution in [0.15, 0.2) is 18.2 Å². The first-order valence-electron chi connectivity index (χ1n) is 7.83. The van der Waals surface area contributed by atoms with Gasteiger partial charge in [0.05, 0.1) is 12.6 Å². The van der Waals surface area contributed by atoms with Gasteiger partial charge in [-0.25, -0.2) is 0 Å². The molecule has 1 aromatic rings. The van der Waals surface area contributed by atoms with Crippen LogP contribution in [0.25, 0.3) is 0 Å². The van der Waals surface area contributed by atoms with Gasteiger partial charge in [-0.05, 0) is 44.4 Å². The molecule has 4 heteroatoms. The Balaban J connectivity index is 2.04. The monoisotopic (exact) mass is 290 g/mol. The van der Waals surface area contributed by atoms with Crippen LogP contribution >= 0.6 is 0 Å². The van der Waals surface area contributed by atoms with Crippen molar-refractivity contribution in [1.29, 1.82) is 0 Å². The summed E-state index contributed by atoms with van der Waals surface area (Å²) in [7, 11) is 0. The minimum Gasteiger partial charge on any atom is -0.493 e. The Morgan fingerprint density at radius 1 is 1.33 bits per heavy atom. The first-order valence-corrected chi connectivity index (χ1v) is 7.83. The van der Waals surface area contributed by atoms with E-state index in [1.165, 1.54) is 11.1 Å². The molecule has 1 aliphatic heterocycles. The standard InChI is InChI=1S/C17H26N2O2/c1-5-15(19-12(4)17(20)18-11(2)3)13-6-7-16-14(10-13)8-9-21-16/h6-7,10-12,15,19H,5,8-9H2,1-4H3,(H,18,20). The average Bonchev–Trinajstić information content (AvgIpc) is 2.90. The van der Waals surface area contributed by atoms with E-state index in [4.69, 9.17) is 4.74 Å². The van der Waals surface area contributed by atoms with Gasteiger partial charge in [0.2, 0.25) is 5.91 Å². The number of amides is 1. The maximum atomic E-state index is 12.0. The lowest BCUT2D eigenvalue weighted by molar-refractivity contribution is -0.123. The molecule has 0 aromatic heterocycles. The van der Waals surface area contributed by atoms with Crippen molar-refractivity contribution in [2.75, 3.05) is 6.61 Å². The quantitative estimate of drug-likeness (QED) is 0.846. The fourth-order valence-electron chi connectivity index (χ4n) is 2.66. The van der Waals surface area contributed by atoms with Crippen LogP contribution < -0.4 is 15.4 Å². The Bertz CT molecular complexity index is 500. The molecule has 0 bridgehead atoms. The number of rotatable bonds is 6. The molecule has 0 saturated heterocycles. The molecular formula is C17H26N2O2. The van der Waals surface area contributed by atoms with Crippen molar-refractivity contribution in [3.05, 3.63) is 29.3 Å². The van der Waals surface area contributed by atoms with Gasteiger partial charge in [-0.2, -0.15) is 0 Å². The molecule has 1 heterocycles. The highest BCUT2D eigenvalue weighted by atomic mass is 16.5. The van der Waals surface area contributed by atoms with E-state index in [1.54, 1.807) is 0 Å². The van der Waals surface area contributed by atoms with Crippen molar-refractivity contribution in [3.63, 3.8) is 0 Å². The van der Waals surface area contributed by atoms with Crippen molar-refractivity contribution >= 4 is 5.91 Å². The van der Waals surface area contributed by atoms with E-state index in [1.807, 2.05) is 26.8 Å². The van der Waals surface area contributed by atoms with Crippen molar-refractivity contribution in [3.8, 4) is 5.75 Å². The predicted octanol–water partition coefficient (Wildman–Crippen LogP) is 2.58. The molecule has 21 heavy (non-hydrogen) atoms. The molecule has 4 nitrogen and oxygen atoms in total. The lowest BCUT2D eigenvalue weighted by atomic mass is 10.00. The van der Waals surface area contributed by atoms with Crippen LogP contribution in [-0.2, 0) is 11.2 Å². The molecule has 2 atom stereocenters. The number of hydrogen-bond acceptors (Lipinski definition) is 3. The molecule has 2 unspecified atom stereocenters. The summed E-state index contributed by atoms with van der Waals surface area (Å²) in [5.41, 5.74) is 2.50. The van der Waals surface area contributed by atoms with E-state index in [-0.39, 0.29) is 24.0 Å². The topological polar surface area (TPSA) is 50.4 Å². The summed E-state index contributed by atoms with van der Waals surface area (Å²) in [6.07, 6.45) is 1.92. The highest BCUT2D eigenvalue weighted by molar-refractivity contribution is 5.81. The van der Waals surface area contributed by atoms with Gasteiger partial charge in [0.1, 0.15) is 5.75 Å². The van der Waals surface area contributed by atoms with Gasteiger partial charge in [-0.15, -0.1) is 0 Å². The second kappa shape index (κ2) is 6.94. The fraction of sp³-hybridized carbons (Fsp3) is 0.588. The minimum atomic E-state index is -0.207. The van der Waals surface area contributed by atoms with Crippen LogP contribution in [-0.4, -0.2) is 24.6 Å². The Morgan fingerprint density at radius 3 is 2.76 bits per heavy atom. The second-order valence-corrected chi connectivity index (χ2v) is 5.98. The molecule has 2 N–H and O–H groups in total. The van der Waals surface area contributed by atoms with Gasteiger partial charge in [-0.3, -0.25) is 10.1 Å². The third-order valence-corrected chi connectivity index (χ3v) is 3.80. The molecular weight excluding hydrogens is 264 g/mol. The normalized spacial score (nSPS) is 16.2. The number of fused-ring (bicyclic) bond motifs is 1. The summed E-state index contributed by atoms with van der Waals surface area (Å²) in [4.78, 5) is 12.0. The van der Waals surface area contributed by atoms with Crippen LogP contribution in [0.5, 0.6) is 5.75 Å². The Hall–Kier alpha value is -1.55. The molecule has 2 rings (SSSR count). The van der Waals surface area contributed by atoms with Crippen molar-refractivity contribution in [2.24, 2.45) is 0 Å². The SMILES string of the molecule is CCC(NC(C)C(=O)NC(C)C)c1ccc2c(c1)CCO2. The number of nitrogens with one attached hydrogen (secondary N) is 2. The molecule has 1 aliphatic rings. The summed E-state index contributed by atoms with van der Waals surface area (Å²) in [6, 6.07) is 6.49. The smallest absolute Gasteiger partial charge is 0.237 e. The summed E-state index contributed by atoms with van der Waals surface area (Å²) in [5.74, 6) is 1.05. The maximum absolute atomic E-state index is 12.0. The van der Waals surface area contributed by atoms with Gasteiger partial charge in [0, 0.05) is 18.5 Å². The molecule has 0 aliphatic carbocycles. The summed E-state index contributed by atoms with van der Waals surface area (Å²) < 4.78 is 5.55. The molecule has 1 amide bonds. The Morgan fingerprint density at radius 2 is 2.10 bits per heavy atom. The summed E-state index contributed by atoms with van der Waals surface area (Å²) in [6.45, 7) is 8.77. The first kappa shape index (κ1) is 15.8. The van der Waals surface area contributed by atoms with Gasteiger partial charge in [0.15, 0.2) is 0 Å². The van der Waals surface area contributed by atoms with Gasteiger partial charge < -0.3 is 10.1 Å². The van der Waals surface area contributed by atoms with Crippen LogP contribution in [0.2, 0.25) is 0 Å². The number of benzene rings is 1. The molecule has 0 saturated carbocycles. The van der Waals surface area contributed by atoms with Crippen LogP contribution in [0, 0.1) is 0 Å². The van der Waals surface area contributed by atoms with E-state index < -0.39 is 0 Å². The number of ether oxygens (including phenoxy) is 1. The first-order chi connectivity index (χ1) is 10.0. The van der Waals surface area contributed by atoms with Gasteiger partial charge in [-0.1, -0.05) is 19.1 Å². The van der Waals surface area contributed by atoms with Crippen LogP contribution in [0.1, 0.15) is 51.3 Å². The van der Waals surface area contributed by atoms with E-state index in [9.17, 15) is 4.79 Å². The molecule has 0 radical (unpaired) electrons. The molecule has 0 spiro atoms. The average molecular weight is 290 g/mol. The fourth-order valence-corrected chi connectivity index (χ4v) is 2.66. The zero-order valence-corrected chi connectivity index (χ0v) is 13.4. The van der Waals surface area contributed by atoms with Gasteiger partial charge in [0.25, 0.3) is 0 Å². The van der Waals surface area contributed by atoms with Crippen LogP contribution in [0.3, 0.4) is 0 Å². The summed E-state index contributed by atoms with van der Waals surface area (Å²) in [5, 5.41) is 6.37. The zero-order chi connectivity index (χ0) is 15.4. The highest BCUT2D eigenvalue weighted by Gasteiger charge is 2.20. The minimum absolute atomic E-state index is 0.0490. The predicted molar refractivity (Wildman–Crippen MR) is 84.5 cm³/mol. The van der Waals surface area contributed by atoms with Crippen molar-refractivity contribution < 1.29 is 9.53 Å². The largest absolute Gasteiger partial charge is 0.493 e. The summed E-state index contributed by atoms with van der Waals surface area (Å²) >= 11 is 0. The van der Waals surface area contributed by atoms with E-state index in [0.717, 1.165) is 25.2 Å².